The van der Waals surface area contributed by atoms with Crippen LogP contribution >= 0.6 is 0 Å². The van der Waals surface area contributed by atoms with Crippen molar-refractivity contribution in [1.29, 1.82) is 0 Å². The van der Waals surface area contributed by atoms with Gasteiger partial charge in [0, 0.05) is 19.0 Å². The SMILES string of the molecule is CCC(CCN)CCC(=O)N1CCC2CCCCC21. The van der Waals surface area contributed by atoms with Crippen molar-refractivity contribution >= 4 is 5.91 Å². The Morgan fingerprint density at radius 3 is 2.79 bits per heavy atom. The Kier molecular flexibility index (Phi) is 5.68. The Balaban J connectivity index is 1.79. The molecule has 0 aromatic heterocycles. The molecule has 0 aromatic rings. The van der Waals surface area contributed by atoms with Crippen molar-refractivity contribution in [3.63, 3.8) is 0 Å². The van der Waals surface area contributed by atoms with Crippen LogP contribution in [-0.2, 0) is 4.79 Å². The largest absolute Gasteiger partial charge is 0.339 e. The minimum absolute atomic E-state index is 0.407. The van der Waals surface area contributed by atoms with Gasteiger partial charge < -0.3 is 10.6 Å². The first-order chi connectivity index (χ1) is 9.26. The lowest BCUT2D eigenvalue weighted by Crippen LogP contribution is -2.39. The summed E-state index contributed by atoms with van der Waals surface area (Å²) in [6, 6.07) is 0.579. The monoisotopic (exact) mass is 266 g/mol. The standard InChI is InChI=1S/C16H30N2O/c1-2-13(9-11-17)7-8-16(19)18-12-10-14-5-3-4-6-15(14)18/h13-15H,2-12,17H2,1H3. The molecule has 2 N–H and O–H groups in total. The van der Waals surface area contributed by atoms with E-state index in [1.165, 1.54) is 32.1 Å². The Morgan fingerprint density at radius 1 is 1.26 bits per heavy atom. The number of hydrogen-bond acceptors (Lipinski definition) is 2. The zero-order valence-electron chi connectivity index (χ0n) is 12.4. The molecule has 3 nitrogen and oxygen atoms in total. The second-order valence-electron chi connectivity index (χ2n) is 6.38. The summed E-state index contributed by atoms with van der Waals surface area (Å²) in [5, 5.41) is 0. The molecular formula is C16H30N2O. The van der Waals surface area contributed by atoms with E-state index in [4.69, 9.17) is 5.73 Å². The van der Waals surface area contributed by atoms with E-state index in [0.29, 0.717) is 17.9 Å². The van der Waals surface area contributed by atoms with Gasteiger partial charge in [0.2, 0.25) is 5.91 Å². The molecule has 0 spiro atoms. The van der Waals surface area contributed by atoms with Crippen LogP contribution in [-0.4, -0.2) is 29.9 Å². The normalized spacial score (nSPS) is 28.2. The zero-order valence-corrected chi connectivity index (χ0v) is 12.4. The first kappa shape index (κ1) is 14.8. The van der Waals surface area contributed by atoms with E-state index in [1.54, 1.807) is 0 Å². The molecule has 2 fully saturated rings. The lowest BCUT2D eigenvalue weighted by Gasteiger charge is -2.32. The third-order valence-electron chi connectivity index (χ3n) is 5.25. The fourth-order valence-corrected chi connectivity index (χ4v) is 3.98. The van der Waals surface area contributed by atoms with Crippen LogP contribution in [0.25, 0.3) is 0 Å². The lowest BCUT2D eigenvalue weighted by atomic mass is 9.85. The van der Waals surface area contributed by atoms with Crippen molar-refractivity contribution in [3.05, 3.63) is 0 Å². The topological polar surface area (TPSA) is 46.3 Å². The van der Waals surface area contributed by atoms with E-state index in [0.717, 1.165) is 44.7 Å². The van der Waals surface area contributed by atoms with Crippen molar-refractivity contribution in [2.75, 3.05) is 13.1 Å². The quantitative estimate of drug-likeness (QED) is 0.803. The maximum absolute atomic E-state index is 12.4. The Labute approximate surface area is 117 Å². The van der Waals surface area contributed by atoms with Gasteiger partial charge in [0.05, 0.1) is 0 Å². The van der Waals surface area contributed by atoms with E-state index >= 15 is 0 Å². The average Bonchev–Trinajstić information content (AvgIpc) is 2.87. The summed E-state index contributed by atoms with van der Waals surface area (Å²) in [5.74, 6) is 1.85. The Hall–Kier alpha value is -0.570. The van der Waals surface area contributed by atoms with Gasteiger partial charge in [-0.15, -0.1) is 0 Å². The second-order valence-corrected chi connectivity index (χ2v) is 6.38. The van der Waals surface area contributed by atoms with Crippen molar-refractivity contribution in [2.24, 2.45) is 17.6 Å². The minimum atomic E-state index is 0.407. The maximum Gasteiger partial charge on any atom is 0.222 e. The predicted molar refractivity (Wildman–Crippen MR) is 78.8 cm³/mol. The first-order valence-electron chi connectivity index (χ1n) is 8.25. The molecular weight excluding hydrogens is 236 g/mol. The van der Waals surface area contributed by atoms with Gasteiger partial charge in [-0.25, -0.2) is 0 Å². The Morgan fingerprint density at radius 2 is 2.05 bits per heavy atom. The van der Waals surface area contributed by atoms with E-state index < -0.39 is 0 Å². The van der Waals surface area contributed by atoms with Crippen molar-refractivity contribution in [1.82, 2.24) is 4.90 Å². The molecule has 2 aliphatic rings. The van der Waals surface area contributed by atoms with Crippen LogP contribution in [0.4, 0.5) is 0 Å². The van der Waals surface area contributed by atoms with Gasteiger partial charge in [-0.2, -0.15) is 0 Å². The van der Waals surface area contributed by atoms with Gasteiger partial charge in [0.15, 0.2) is 0 Å². The number of carbonyl (C=O) groups is 1. The minimum Gasteiger partial charge on any atom is -0.339 e. The third-order valence-corrected chi connectivity index (χ3v) is 5.25. The Bertz CT molecular complexity index is 292. The van der Waals surface area contributed by atoms with Crippen LogP contribution < -0.4 is 5.73 Å². The number of likely N-dealkylation sites (tertiary alicyclic amines) is 1. The highest BCUT2D eigenvalue weighted by atomic mass is 16.2. The molecule has 0 aromatic carbocycles. The summed E-state index contributed by atoms with van der Waals surface area (Å²) in [7, 11) is 0. The summed E-state index contributed by atoms with van der Waals surface area (Å²) >= 11 is 0. The molecule has 0 radical (unpaired) electrons. The molecule has 3 atom stereocenters. The smallest absolute Gasteiger partial charge is 0.222 e. The summed E-state index contributed by atoms with van der Waals surface area (Å²) in [6.45, 7) is 3.97. The molecule has 1 aliphatic heterocycles. The van der Waals surface area contributed by atoms with Gasteiger partial charge in [-0.05, 0) is 50.5 Å². The molecule has 3 heteroatoms. The molecule has 0 bridgehead atoms. The van der Waals surface area contributed by atoms with E-state index in [-0.39, 0.29) is 0 Å². The number of fused-ring (bicyclic) bond motifs is 1. The molecule has 1 saturated heterocycles. The molecule has 1 amide bonds. The van der Waals surface area contributed by atoms with E-state index in [2.05, 4.69) is 11.8 Å². The van der Waals surface area contributed by atoms with Gasteiger partial charge >= 0.3 is 0 Å². The second kappa shape index (κ2) is 7.28. The number of nitrogens with zero attached hydrogens (tertiary/aromatic N) is 1. The zero-order chi connectivity index (χ0) is 13.7. The molecule has 110 valence electrons. The summed E-state index contributed by atoms with van der Waals surface area (Å²) < 4.78 is 0. The predicted octanol–water partition coefficient (Wildman–Crippen LogP) is 2.93. The van der Waals surface area contributed by atoms with Gasteiger partial charge in [0.1, 0.15) is 0 Å². The number of rotatable bonds is 6. The van der Waals surface area contributed by atoms with Crippen LogP contribution in [0.3, 0.4) is 0 Å². The molecule has 2 rings (SSSR count). The van der Waals surface area contributed by atoms with Crippen LogP contribution in [0.1, 0.15) is 64.7 Å². The van der Waals surface area contributed by atoms with Crippen LogP contribution in [0.15, 0.2) is 0 Å². The fourth-order valence-electron chi connectivity index (χ4n) is 3.98. The summed E-state index contributed by atoms with van der Waals surface area (Å²) in [4.78, 5) is 14.6. The summed E-state index contributed by atoms with van der Waals surface area (Å²) in [6.07, 6.45) is 10.5. The highest BCUT2D eigenvalue weighted by molar-refractivity contribution is 5.76. The molecule has 3 unspecified atom stereocenters. The fraction of sp³-hybridized carbons (Fsp3) is 0.938. The lowest BCUT2D eigenvalue weighted by molar-refractivity contribution is -0.133. The van der Waals surface area contributed by atoms with E-state index in [9.17, 15) is 4.79 Å². The van der Waals surface area contributed by atoms with Crippen molar-refractivity contribution < 1.29 is 4.79 Å². The van der Waals surface area contributed by atoms with Gasteiger partial charge in [-0.3, -0.25) is 4.79 Å². The maximum atomic E-state index is 12.4. The average molecular weight is 266 g/mol. The number of hydrogen-bond donors (Lipinski definition) is 1. The number of nitrogens with two attached hydrogens (primary N) is 1. The van der Waals surface area contributed by atoms with E-state index in [1.807, 2.05) is 0 Å². The molecule has 1 aliphatic carbocycles. The van der Waals surface area contributed by atoms with Crippen LogP contribution in [0.2, 0.25) is 0 Å². The molecule has 1 saturated carbocycles. The van der Waals surface area contributed by atoms with Gasteiger partial charge in [0.25, 0.3) is 0 Å². The highest BCUT2D eigenvalue weighted by Crippen LogP contribution is 2.36. The number of carbonyl (C=O) groups excluding carboxylic acids is 1. The van der Waals surface area contributed by atoms with Crippen molar-refractivity contribution in [2.45, 2.75) is 70.8 Å². The van der Waals surface area contributed by atoms with Gasteiger partial charge in [-0.1, -0.05) is 26.2 Å². The van der Waals surface area contributed by atoms with Crippen LogP contribution in [0.5, 0.6) is 0 Å². The first-order valence-corrected chi connectivity index (χ1v) is 8.25. The number of amides is 1. The van der Waals surface area contributed by atoms with Crippen molar-refractivity contribution in [3.8, 4) is 0 Å². The third kappa shape index (κ3) is 3.71. The molecule has 19 heavy (non-hydrogen) atoms. The van der Waals surface area contributed by atoms with Crippen LogP contribution in [0, 0.1) is 11.8 Å². The summed E-state index contributed by atoms with van der Waals surface area (Å²) in [5.41, 5.74) is 5.63. The highest BCUT2D eigenvalue weighted by Gasteiger charge is 2.37. The molecule has 1 heterocycles.